The normalized spacial score (nSPS) is 15.7. The van der Waals surface area contributed by atoms with Crippen LogP contribution in [-0.2, 0) is 10.3 Å². The number of carbonyl (C=O) groups excluding carboxylic acids is 1. The van der Waals surface area contributed by atoms with Crippen molar-refractivity contribution < 1.29 is 9.32 Å². The number of nitrogens with zero attached hydrogens (tertiary/aromatic N) is 2. The zero-order valence-electron chi connectivity index (χ0n) is 15.1. The maximum absolute atomic E-state index is 12.1. The Labute approximate surface area is 164 Å². The molecule has 0 spiro atoms. The number of anilines is 1. The van der Waals surface area contributed by atoms with Crippen molar-refractivity contribution in [3.63, 3.8) is 0 Å². The predicted molar refractivity (Wildman–Crippen MR) is 104 cm³/mol. The number of hydrogen-bond donors (Lipinski definition) is 2. The molecule has 0 aliphatic heterocycles. The van der Waals surface area contributed by atoms with E-state index in [4.69, 9.17) is 21.9 Å². The smallest absolute Gasteiger partial charge is 0.259 e. The van der Waals surface area contributed by atoms with Crippen LogP contribution in [0.2, 0.25) is 5.02 Å². The summed E-state index contributed by atoms with van der Waals surface area (Å²) in [7, 11) is 0. The van der Waals surface area contributed by atoms with Crippen molar-refractivity contribution in [2.45, 2.75) is 52.0 Å². The summed E-state index contributed by atoms with van der Waals surface area (Å²) in [6, 6.07) is 5.19. The minimum absolute atomic E-state index is 0. The molecule has 0 saturated heterocycles. The molecule has 1 amide bonds. The van der Waals surface area contributed by atoms with E-state index in [0.29, 0.717) is 34.4 Å². The average molecular weight is 399 g/mol. The molecule has 0 unspecified atom stereocenters. The second kappa shape index (κ2) is 7.55. The molecule has 1 aromatic heterocycles. The Kier molecular flexibility index (Phi) is 6.00. The summed E-state index contributed by atoms with van der Waals surface area (Å²) in [5.41, 5.74) is 6.87. The first-order chi connectivity index (χ1) is 11.7. The molecule has 0 atom stereocenters. The number of halogens is 2. The zero-order valence-corrected chi connectivity index (χ0v) is 16.7. The van der Waals surface area contributed by atoms with Gasteiger partial charge in [-0.3, -0.25) is 4.79 Å². The van der Waals surface area contributed by atoms with Gasteiger partial charge in [0.2, 0.25) is 5.91 Å². The van der Waals surface area contributed by atoms with Gasteiger partial charge in [0, 0.05) is 12.1 Å². The molecule has 1 fully saturated rings. The molecular weight excluding hydrogens is 375 g/mol. The first kappa shape index (κ1) is 20.7. The molecule has 26 heavy (non-hydrogen) atoms. The Morgan fingerprint density at radius 2 is 2.08 bits per heavy atom. The lowest BCUT2D eigenvalue weighted by Crippen LogP contribution is -2.44. The van der Waals surface area contributed by atoms with Crippen LogP contribution in [0.15, 0.2) is 22.7 Å². The van der Waals surface area contributed by atoms with Crippen LogP contribution < -0.4 is 11.1 Å². The Morgan fingerprint density at radius 3 is 2.65 bits per heavy atom. The highest BCUT2D eigenvalue weighted by molar-refractivity contribution is 6.33. The van der Waals surface area contributed by atoms with Crippen LogP contribution in [0.1, 0.15) is 52.3 Å². The van der Waals surface area contributed by atoms with Gasteiger partial charge < -0.3 is 15.6 Å². The van der Waals surface area contributed by atoms with E-state index in [1.165, 1.54) is 0 Å². The fourth-order valence-electron chi connectivity index (χ4n) is 2.77. The van der Waals surface area contributed by atoms with E-state index in [-0.39, 0.29) is 23.7 Å². The second-order valence-corrected chi connectivity index (χ2v) is 8.32. The molecule has 1 aliphatic carbocycles. The summed E-state index contributed by atoms with van der Waals surface area (Å²) in [4.78, 5) is 16.5. The molecule has 1 heterocycles. The Balaban J connectivity index is 0.00000243. The molecule has 1 aliphatic rings. The standard InChI is InChI=1S/C18H23ClN4O2.ClH/c1-17(2,3)10-14(24)21-11-5-6-13(19)12(9-11)15-22-16(23-25-15)18(20)7-4-8-18;/h5-6,9H,4,7-8,10,20H2,1-3H3,(H,21,24);1H. The lowest BCUT2D eigenvalue weighted by molar-refractivity contribution is -0.117. The lowest BCUT2D eigenvalue weighted by Gasteiger charge is -2.34. The van der Waals surface area contributed by atoms with Gasteiger partial charge in [0.15, 0.2) is 5.82 Å². The molecular formula is C18H24Cl2N4O2. The molecule has 3 N–H and O–H groups in total. The van der Waals surface area contributed by atoms with E-state index < -0.39 is 5.54 Å². The van der Waals surface area contributed by atoms with Crippen LogP contribution in [0.25, 0.3) is 11.5 Å². The van der Waals surface area contributed by atoms with Crippen molar-refractivity contribution in [2.24, 2.45) is 11.1 Å². The van der Waals surface area contributed by atoms with Crippen LogP contribution in [0, 0.1) is 5.41 Å². The second-order valence-electron chi connectivity index (χ2n) is 7.91. The first-order valence-corrected chi connectivity index (χ1v) is 8.77. The average Bonchev–Trinajstić information content (AvgIpc) is 2.94. The summed E-state index contributed by atoms with van der Waals surface area (Å²) >= 11 is 6.27. The zero-order chi connectivity index (χ0) is 18.2. The van der Waals surface area contributed by atoms with Crippen molar-refractivity contribution >= 4 is 35.6 Å². The monoisotopic (exact) mass is 398 g/mol. The van der Waals surface area contributed by atoms with E-state index in [1.54, 1.807) is 18.2 Å². The van der Waals surface area contributed by atoms with Crippen LogP contribution in [0.3, 0.4) is 0 Å². The van der Waals surface area contributed by atoms with Crippen molar-refractivity contribution in [3.8, 4) is 11.5 Å². The Hall–Kier alpha value is -1.63. The lowest BCUT2D eigenvalue weighted by atomic mass is 9.77. The number of carbonyl (C=O) groups is 1. The molecule has 3 rings (SSSR count). The number of amides is 1. The van der Waals surface area contributed by atoms with Crippen LogP contribution in [0.4, 0.5) is 5.69 Å². The number of aromatic nitrogens is 2. The predicted octanol–water partition coefficient (Wildman–Crippen LogP) is 4.52. The van der Waals surface area contributed by atoms with Gasteiger partial charge in [0.1, 0.15) is 0 Å². The topological polar surface area (TPSA) is 94.0 Å². The van der Waals surface area contributed by atoms with Crippen molar-refractivity contribution in [1.82, 2.24) is 10.1 Å². The quantitative estimate of drug-likeness (QED) is 0.788. The van der Waals surface area contributed by atoms with Crippen LogP contribution in [-0.4, -0.2) is 16.0 Å². The molecule has 142 valence electrons. The van der Waals surface area contributed by atoms with Crippen molar-refractivity contribution in [1.29, 1.82) is 0 Å². The highest BCUT2D eigenvalue weighted by Gasteiger charge is 2.39. The summed E-state index contributed by atoms with van der Waals surface area (Å²) in [5, 5.41) is 7.37. The molecule has 8 heteroatoms. The third-order valence-corrected chi connectivity index (χ3v) is 4.62. The van der Waals surface area contributed by atoms with Gasteiger partial charge in [-0.1, -0.05) is 37.5 Å². The van der Waals surface area contributed by atoms with Crippen LogP contribution >= 0.6 is 24.0 Å². The third kappa shape index (κ3) is 4.55. The van der Waals surface area contributed by atoms with Gasteiger partial charge in [-0.05, 0) is 42.9 Å². The molecule has 1 aromatic carbocycles. The number of nitrogens with one attached hydrogen (secondary N) is 1. The molecule has 0 radical (unpaired) electrons. The Morgan fingerprint density at radius 1 is 1.38 bits per heavy atom. The number of nitrogens with two attached hydrogens (primary N) is 1. The molecule has 1 saturated carbocycles. The van der Waals surface area contributed by atoms with Gasteiger partial charge in [-0.2, -0.15) is 4.98 Å². The maximum Gasteiger partial charge on any atom is 0.259 e. The van der Waals surface area contributed by atoms with E-state index >= 15 is 0 Å². The third-order valence-electron chi connectivity index (χ3n) is 4.29. The fourth-order valence-corrected chi connectivity index (χ4v) is 2.97. The minimum atomic E-state index is -0.493. The molecule has 2 aromatic rings. The maximum atomic E-state index is 12.1. The van der Waals surface area contributed by atoms with Gasteiger partial charge in [-0.15, -0.1) is 12.4 Å². The fraction of sp³-hybridized carbons (Fsp3) is 0.500. The summed E-state index contributed by atoms with van der Waals surface area (Å²) in [6.07, 6.45) is 3.19. The summed E-state index contributed by atoms with van der Waals surface area (Å²) in [6.45, 7) is 6.05. The van der Waals surface area contributed by atoms with E-state index in [9.17, 15) is 4.79 Å². The molecule has 6 nitrogen and oxygen atoms in total. The highest BCUT2D eigenvalue weighted by Crippen LogP contribution is 2.38. The van der Waals surface area contributed by atoms with Gasteiger partial charge in [0.05, 0.1) is 16.1 Å². The van der Waals surface area contributed by atoms with Gasteiger partial charge >= 0.3 is 0 Å². The Bertz CT molecular complexity index is 795. The highest BCUT2D eigenvalue weighted by atomic mass is 35.5. The number of benzene rings is 1. The number of hydrogen-bond acceptors (Lipinski definition) is 5. The van der Waals surface area contributed by atoms with Gasteiger partial charge in [0.25, 0.3) is 5.89 Å². The van der Waals surface area contributed by atoms with Gasteiger partial charge in [-0.25, -0.2) is 0 Å². The molecule has 0 bridgehead atoms. The first-order valence-electron chi connectivity index (χ1n) is 8.39. The number of rotatable bonds is 4. The van der Waals surface area contributed by atoms with Crippen molar-refractivity contribution in [3.05, 3.63) is 29.0 Å². The van der Waals surface area contributed by atoms with E-state index in [0.717, 1.165) is 19.3 Å². The summed E-state index contributed by atoms with van der Waals surface area (Å²) in [5.74, 6) is 0.762. The minimum Gasteiger partial charge on any atom is -0.334 e. The largest absolute Gasteiger partial charge is 0.334 e. The van der Waals surface area contributed by atoms with E-state index in [1.807, 2.05) is 20.8 Å². The van der Waals surface area contributed by atoms with E-state index in [2.05, 4.69) is 15.5 Å². The SMILES string of the molecule is CC(C)(C)CC(=O)Nc1ccc(Cl)c(-c2nc(C3(N)CCC3)no2)c1.Cl. The van der Waals surface area contributed by atoms with Crippen molar-refractivity contribution in [2.75, 3.05) is 5.32 Å². The summed E-state index contributed by atoms with van der Waals surface area (Å²) < 4.78 is 5.36. The van der Waals surface area contributed by atoms with Crippen LogP contribution in [0.5, 0.6) is 0 Å².